The van der Waals surface area contributed by atoms with Crippen LogP contribution in [0.1, 0.15) is 46.5 Å². The molecule has 1 fully saturated rings. The van der Waals surface area contributed by atoms with E-state index in [-0.39, 0.29) is 23.8 Å². The second-order valence-electron chi connectivity index (χ2n) is 5.55. The maximum atomic E-state index is 11.9. The van der Waals surface area contributed by atoms with Crippen molar-refractivity contribution >= 4 is 11.9 Å². The summed E-state index contributed by atoms with van der Waals surface area (Å²) in [7, 11) is 0. The van der Waals surface area contributed by atoms with E-state index in [1.807, 2.05) is 0 Å². The number of hydrogen-bond donors (Lipinski definition) is 1. The monoisotopic (exact) mass is 271 g/mol. The van der Waals surface area contributed by atoms with E-state index in [0.29, 0.717) is 12.5 Å². The summed E-state index contributed by atoms with van der Waals surface area (Å²) in [5.74, 6) is -0.393. The fourth-order valence-electron chi connectivity index (χ4n) is 2.22. The molecule has 110 valence electrons. The van der Waals surface area contributed by atoms with Crippen molar-refractivity contribution in [1.82, 2.24) is 0 Å². The van der Waals surface area contributed by atoms with E-state index in [0.717, 1.165) is 25.7 Å². The van der Waals surface area contributed by atoms with Crippen molar-refractivity contribution in [3.63, 3.8) is 0 Å². The first-order valence-corrected chi connectivity index (χ1v) is 7.05. The van der Waals surface area contributed by atoms with Crippen molar-refractivity contribution < 1.29 is 19.1 Å². The zero-order chi connectivity index (χ0) is 14.4. The second-order valence-corrected chi connectivity index (χ2v) is 5.55. The van der Waals surface area contributed by atoms with Gasteiger partial charge in [0.2, 0.25) is 6.29 Å². The molecule has 1 rings (SSSR count). The molecule has 1 aliphatic rings. The quantitative estimate of drug-likeness (QED) is 0.609. The average Bonchev–Trinajstić information content (AvgIpc) is 2.38. The average molecular weight is 271 g/mol. The predicted molar refractivity (Wildman–Crippen MR) is 71.0 cm³/mol. The molecule has 0 aromatic heterocycles. The van der Waals surface area contributed by atoms with Crippen LogP contribution in [0.15, 0.2) is 0 Å². The van der Waals surface area contributed by atoms with E-state index in [4.69, 9.17) is 15.2 Å². The first-order valence-electron chi connectivity index (χ1n) is 7.05. The maximum Gasteiger partial charge on any atom is 0.311 e. The SMILES string of the molecule is CC(OC(=O)C(C)C)OC(=O)C1CCC(CN)CC1. The highest BCUT2D eigenvalue weighted by Gasteiger charge is 2.28. The van der Waals surface area contributed by atoms with Crippen LogP contribution in [0.3, 0.4) is 0 Å². The lowest BCUT2D eigenvalue weighted by Crippen LogP contribution is -2.31. The van der Waals surface area contributed by atoms with E-state index in [2.05, 4.69) is 0 Å². The Hall–Kier alpha value is -1.10. The van der Waals surface area contributed by atoms with Crippen molar-refractivity contribution in [1.29, 1.82) is 0 Å². The number of ether oxygens (including phenoxy) is 2. The van der Waals surface area contributed by atoms with Crippen LogP contribution in [-0.2, 0) is 19.1 Å². The van der Waals surface area contributed by atoms with Gasteiger partial charge in [0, 0.05) is 6.92 Å². The van der Waals surface area contributed by atoms with Crippen molar-refractivity contribution in [3.8, 4) is 0 Å². The third kappa shape index (κ3) is 5.19. The fraction of sp³-hybridized carbons (Fsp3) is 0.857. The molecule has 0 aromatic rings. The van der Waals surface area contributed by atoms with Gasteiger partial charge in [-0.15, -0.1) is 0 Å². The van der Waals surface area contributed by atoms with Gasteiger partial charge in [-0.05, 0) is 38.1 Å². The topological polar surface area (TPSA) is 78.6 Å². The van der Waals surface area contributed by atoms with E-state index in [1.165, 1.54) is 0 Å². The van der Waals surface area contributed by atoms with Crippen LogP contribution in [0.25, 0.3) is 0 Å². The molecule has 0 saturated heterocycles. The second kappa shape index (κ2) is 7.48. The Labute approximate surface area is 114 Å². The summed E-state index contributed by atoms with van der Waals surface area (Å²) >= 11 is 0. The maximum absolute atomic E-state index is 11.9. The molecule has 19 heavy (non-hydrogen) atoms. The fourth-order valence-corrected chi connectivity index (χ4v) is 2.22. The first-order chi connectivity index (χ1) is 8.93. The van der Waals surface area contributed by atoms with Crippen LogP contribution in [-0.4, -0.2) is 24.8 Å². The van der Waals surface area contributed by atoms with Crippen LogP contribution in [0.5, 0.6) is 0 Å². The zero-order valence-electron chi connectivity index (χ0n) is 12.1. The molecule has 1 unspecified atom stereocenters. The molecule has 1 aliphatic carbocycles. The molecule has 1 atom stereocenters. The minimum Gasteiger partial charge on any atom is -0.425 e. The van der Waals surface area contributed by atoms with Crippen molar-refractivity contribution in [2.45, 2.75) is 52.7 Å². The summed E-state index contributed by atoms with van der Waals surface area (Å²) in [4.78, 5) is 23.3. The van der Waals surface area contributed by atoms with Gasteiger partial charge in [0.15, 0.2) is 0 Å². The molecule has 5 heteroatoms. The molecule has 0 aliphatic heterocycles. The third-order valence-electron chi connectivity index (χ3n) is 3.55. The molecule has 0 aromatic carbocycles. The van der Waals surface area contributed by atoms with Gasteiger partial charge < -0.3 is 15.2 Å². The van der Waals surface area contributed by atoms with Crippen LogP contribution in [0, 0.1) is 17.8 Å². The molecule has 0 amide bonds. The Bertz CT molecular complexity index is 309. The highest BCUT2D eigenvalue weighted by Crippen LogP contribution is 2.29. The standard InChI is InChI=1S/C14H25NO4/c1-9(2)13(16)18-10(3)19-14(17)12-6-4-11(8-15)5-7-12/h9-12H,4-8,15H2,1-3H3. The van der Waals surface area contributed by atoms with E-state index in [9.17, 15) is 9.59 Å². The lowest BCUT2D eigenvalue weighted by molar-refractivity contribution is -0.190. The lowest BCUT2D eigenvalue weighted by Gasteiger charge is -2.27. The molecular formula is C14H25NO4. The van der Waals surface area contributed by atoms with Crippen LogP contribution in [0.2, 0.25) is 0 Å². The van der Waals surface area contributed by atoms with Crippen LogP contribution < -0.4 is 5.73 Å². The summed E-state index contributed by atoms with van der Waals surface area (Å²) in [5, 5.41) is 0. The molecule has 5 nitrogen and oxygen atoms in total. The number of rotatable bonds is 5. The Morgan fingerprint density at radius 1 is 1.11 bits per heavy atom. The van der Waals surface area contributed by atoms with E-state index in [1.54, 1.807) is 20.8 Å². The van der Waals surface area contributed by atoms with Gasteiger partial charge in [0.05, 0.1) is 11.8 Å². The van der Waals surface area contributed by atoms with Crippen molar-refractivity contribution in [3.05, 3.63) is 0 Å². The molecule has 0 bridgehead atoms. The molecular weight excluding hydrogens is 246 g/mol. The van der Waals surface area contributed by atoms with Gasteiger partial charge in [-0.2, -0.15) is 0 Å². The van der Waals surface area contributed by atoms with E-state index >= 15 is 0 Å². The number of esters is 2. The number of carbonyl (C=O) groups is 2. The van der Waals surface area contributed by atoms with E-state index < -0.39 is 6.29 Å². The Morgan fingerprint density at radius 3 is 2.16 bits per heavy atom. The lowest BCUT2D eigenvalue weighted by atomic mass is 9.82. The minimum absolute atomic E-state index is 0.0806. The van der Waals surface area contributed by atoms with Gasteiger partial charge in [0.1, 0.15) is 0 Å². The van der Waals surface area contributed by atoms with Crippen molar-refractivity contribution in [2.75, 3.05) is 6.54 Å². The van der Waals surface area contributed by atoms with Gasteiger partial charge in [-0.1, -0.05) is 13.8 Å². The zero-order valence-corrected chi connectivity index (χ0v) is 12.1. The highest BCUT2D eigenvalue weighted by molar-refractivity contribution is 5.74. The van der Waals surface area contributed by atoms with Crippen molar-refractivity contribution in [2.24, 2.45) is 23.5 Å². The smallest absolute Gasteiger partial charge is 0.311 e. The molecule has 0 spiro atoms. The summed E-state index contributed by atoms with van der Waals surface area (Å²) < 4.78 is 10.2. The number of hydrogen-bond acceptors (Lipinski definition) is 5. The molecule has 0 heterocycles. The Kier molecular flexibility index (Phi) is 6.28. The van der Waals surface area contributed by atoms with Gasteiger partial charge >= 0.3 is 11.9 Å². The first kappa shape index (κ1) is 16.0. The van der Waals surface area contributed by atoms with Crippen LogP contribution >= 0.6 is 0 Å². The Morgan fingerprint density at radius 2 is 1.68 bits per heavy atom. The normalized spacial score (nSPS) is 24.9. The number of nitrogens with two attached hydrogens (primary N) is 1. The van der Waals surface area contributed by atoms with Crippen LogP contribution in [0.4, 0.5) is 0 Å². The minimum atomic E-state index is -0.811. The van der Waals surface area contributed by atoms with Gasteiger partial charge in [-0.25, -0.2) is 0 Å². The summed E-state index contributed by atoms with van der Waals surface area (Å²) in [6, 6.07) is 0. The summed E-state index contributed by atoms with van der Waals surface area (Å²) in [6.45, 7) is 5.74. The van der Waals surface area contributed by atoms with Gasteiger partial charge in [0.25, 0.3) is 0 Å². The summed E-state index contributed by atoms with van der Waals surface area (Å²) in [5.41, 5.74) is 5.61. The van der Waals surface area contributed by atoms with Gasteiger partial charge in [-0.3, -0.25) is 9.59 Å². The highest BCUT2D eigenvalue weighted by atomic mass is 16.7. The molecule has 1 saturated carbocycles. The number of carbonyl (C=O) groups excluding carboxylic acids is 2. The Balaban J connectivity index is 2.33. The summed E-state index contributed by atoms with van der Waals surface area (Å²) in [6.07, 6.45) is 2.75. The third-order valence-corrected chi connectivity index (χ3v) is 3.55. The molecule has 2 N–H and O–H groups in total. The molecule has 0 radical (unpaired) electrons. The largest absolute Gasteiger partial charge is 0.425 e. The predicted octanol–water partition coefficient (Wildman–Crippen LogP) is 1.84.